The van der Waals surface area contributed by atoms with Crippen LogP contribution in [0.1, 0.15) is 82.6 Å². The minimum atomic E-state index is -0.0299. The highest BCUT2D eigenvalue weighted by Crippen LogP contribution is 2.51. The first kappa shape index (κ1) is 26.6. The summed E-state index contributed by atoms with van der Waals surface area (Å²) in [6.45, 7) is 2.89. The molecule has 2 aliphatic carbocycles. The normalized spacial score (nSPS) is 20.4. The number of ether oxygens (including phenoxy) is 2. The number of nitrogens with two attached hydrogens (primary N) is 1. The lowest BCUT2D eigenvalue weighted by Gasteiger charge is -2.30. The van der Waals surface area contributed by atoms with Gasteiger partial charge in [-0.1, -0.05) is 44.4 Å². The SMILES string of the molecule is CCC(=O)Nc1cc(OC)c(C2CCC(N)CC2)c(OC)c1-c1cn(CC2CCCCC2)c2ccccc12. The zero-order valence-corrected chi connectivity index (χ0v) is 23.2. The average molecular weight is 518 g/mol. The molecule has 2 aromatic carbocycles. The molecule has 0 saturated heterocycles. The molecule has 1 amide bonds. The van der Waals surface area contributed by atoms with Crippen LogP contribution in [0.5, 0.6) is 11.5 Å². The van der Waals surface area contributed by atoms with Gasteiger partial charge in [-0.25, -0.2) is 0 Å². The van der Waals surface area contributed by atoms with Crippen LogP contribution >= 0.6 is 0 Å². The zero-order chi connectivity index (χ0) is 26.6. The van der Waals surface area contributed by atoms with Gasteiger partial charge in [0.2, 0.25) is 5.91 Å². The Hall–Kier alpha value is -2.99. The summed E-state index contributed by atoms with van der Waals surface area (Å²) in [5, 5.41) is 4.35. The average Bonchev–Trinajstić information content (AvgIpc) is 3.31. The van der Waals surface area contributed by atoms with E-state index in [-0.39, 0.29) is 11.9 Å². The minimum absolute atomic E-state index is 0.0299. The molecule has 204 valence electrons. The maximum Gasteiger partial charge on any atom is 0.224 e. The van der Waals surface area contributed by atoms with E-state index >= 15 is 0 Å². The van der Waals surface area contributed by atoms with Crippen LogP contribution in [0.15, 0.2) is 36.5 Å². The number of fused-ring (bicyclic) bond motifs is 1. The molecule has 0 unspecified atom stereocenters. The Bertz CT molecular complexity index is 1270. The molecule has 5 rings (SSSR count). The molecule has 0 atom stereocenters. The molecule has 1 aromatic heterocycles. The van der Waals surface area contributed by atoms with E-state index in [2.05, 4.69) is 40.3 Å². The molecule has 38 heavy (non-hydrogen) atoms. The molecule has 0 spiro atoms. The number of para-hydroxylation sites is 1. The van der Waals surface area contributed by atoms with Gasteiger partial charge in [0.05, 0.1) is 25.5 Å². The number of hydrogen-bond donors (Lipinski definition) is 2. The lowest BCUT2D eigenvalue weighted by molar-refractivity contribution is -0.115. The fourth-order valence-corrected chi connectivity index (χ4v) is 6.67. The predicted octanol–water partition coefficient (Wildman–Crippen LogP) is 7.24. The Labute approximate surface area is 226 Å². The molecule has 6 nitrogen and oxygen atoms in total. The summed E-state index contributed by atoms with van der Waals surface area (Å²) in [5.74, 6) is 2.54. The lowest BCUT2D eigenvalue weighted by Crippen LogP contribution is -2.26. The van der Waals surface area contributed by atoms with Gasteiger partial charge in [0.25, 0.3) is 0 Å². The summed E-state index contributed by atoms with van der Waals surface area (Å²) in [6.07, 6.45) is 13.2. The summed E-state index contributed by atoms with van der Waals surface area (Å²) < 4.78 is 14.6. The third-order valence-electron chi connectivity index (χ3n) is 8.72. The highest BCUT2D eigenvalue weighted by Gasteiger charge is 2.31. The molecule has 0 radical (unpaired) electrons. The minimum Gasteiger partial charge on any atom is -0.496 e. The van der Waals surface area contributed by atoms with Crippen LogP contribution in [-0.2, 0) is 11.3 Å². The first-order chi connectivity index (χ1) is 18.5. The zero-order valence-electron chi connectivity index (χ0n) is 23.2. The maximum absolute atomic E-state index is 12.7. The summed E-state index contributed by atoms with van der Waals surface area (Å²) in [7, 11) is 3.44. The Morgan fingerprint density at radius 3 is 2.45 bits per heavy atom. The van der Waals surface area contributed by atoms with Crippen LogP contribution in [0.2, 0.25) is 0 Å². The number of anilines is 1. The van der Waals surface area contributed by atoms with Gasteiger partial charge in [-0.15, -0.1) is 0 Å². The summed E-state index contributed by atoms with van der Waals surface area (Å²) in [4.78, 5) is 12.7. The van der Waals surface area contributed by atoms with Gasteiger partial charge in [0, 0.05) is 53.3 Å². The summed E-state index contributed by atoms with van der Waals surface area (Å²) in [5.41, 5.74) is 11.4. The van der Waals surface area contributed by atoms with Gasteiger partial charge in [0.15, 0.2) is 0 Å². The van der Waals surface area contributed by atoms with Crippen molar-refractivity contribution in [1.82, 2.24) is 4.57 Å². The first-order valence-corrected chi connectivity index (χ1v) is 14.5. The molecule has 3 aromatic rings. The number of methoxy groups -OCH3 is 2. The van der Waals surface area contributed by atoms with E-state index in [1.165, 1.54) is 43.0 Å². The Kier molecular flexibility index (Phi) is 8.27. The Balaban J connectivity index is 1.71. The van der Waals surface area contributed by atoms with Crippen molar-refractivity contribution in [3.63, 3.8) is 0 Å². The van der Waals surface area contributed by atoms with Crippen LogP contribution in [0.3, 0.4) is 0 Å². The van der Waals surface area contributed by atoms with Crippen molar-refractivity contribution in [3.05, 3.63) is 42.1 Å². The highest BCUT2D eigenvalue weighted by atomic mass is 16.5. The number of carbonyl (C=O) groups excluding carboxylic acids is 1. The lowest BCUT2D eigenvalue weighted by atomic mass is 9.80. The molecule has 2 aliphatic rings. The van der Waals surface area contributed by atoms with E-state index in [0.717, 1.165) is 66.1 Å². The van der Waals surface area contributed by atoms with E-state index in [1.54, 1.807) is 14.2 Å². The smallest absolute Gasteiger partial charge is 0.224 e. The fraction of sp³-hybridized carbons (Fsp3) is 0.531. The summed E-state index contributed by atoms with van der Waals surface area (Å²) >= 11 is 0. The van der Waals surface area contributed by atoms with Crippen molar-refractivity contribution < 1.29 is 14.3 Å². The molecule has 0 aliphatic heterocycles. The Morgan fingerprint density at radius 1 is 1.03 bits per heavy atom. The number of nitrogens with zero attached hydrogens (tertiary/aromatic N) is 1. The standard InChI is InChI=1S/C32H43N3O3/c1-4-29(36)34-26-18-28(37-2)30(22-14-16-23(33)17-15-22)32(38-3)31(26)25-20-35(19-21-10-6-5-7-11-21)27-13-9-8-12-24(25)27/h8-9,12-13,18,20-23H,4-7,10-11,14-17,19,33H2,1-3H3,(H,34,36). The van der Waals surface area contributed by atoms with E-state index in [0.29, 0.717) is 18.3 Å². The van der Waals surface area contributed by atoms with Crippen LogP contribution in [0, 0.1) is 5.92 Å². The van der Waals surface area contributed by atoms with E-state index in [4.69, 9.17) is 15.2 Å². The van der Waals surface area contributed by atoms with Crippen LogP contribution in [-0.4, -0.2) is 30.7 Å². The molecule has 2 saturated carbocycles. The molecule has 6 heteroatoms. The second kappa shape index (κ2) is 11.8. The number of hydrogen-bond acceptors (Lipinski definition) is 4. The number of benzene rings is 2. The maximum atomic E-state index is 12.7. The summed E-state index contributed by atoms with van der Waals surface area (Å²) in [6, 6.07) is 10.9. The van der Waals surface area contributed by atoms with Gasteiger partial charge in [-0.3, -0.25) is 4.79 Å². The number of rotatable bonds is 8. The molecule has 1 heterocycles. The van der Waals surface area contributed by atoms with Crippen molar-refractivity contribution in [2.45, 2.75) is 89.6 Å². The third kappa shape index (κ3) is 5.28. The molecule has 3 N–H and O–H groups in total. The van der Waals surface area contributed by atoms with Crippen LogP contribution in [0.25, 0.3) is 22.0 Å². The first-order valence-electron chi connectivity index (χ1n) is 14.5. The predicted molar refractivity (Wildman–Crippen MR) is 155 cm³/mol. The number of amides is 1. The van der Waals surface area contributed by atoms with Gasteiger partial charge < -0.3 is 25.1 Å². The highest BCUT2D eigenvalue weighted by molar-refractivity contribution is 6.05. The van der Waals surface area contributed by atoms with Gasteiger partial charge in [0.1, 0.15) is 11.5 Å². The number of carbonyl (C=O) groups is 1. The number of aromatic nitrogens is 1. The number of nitrogens with one attached hydrogen (secondary N) is 1. The van der Waals surface area contributed by atoms with Crippen LogP contribution < -0.4 is 20.5 Å². The van der Waals surface area contributed by atoms with Crippen molar-refractivity contribution in [3.8, 4) is 22.6 Å². The van der Waals surface area contributed by atoms with Crippen molar-refractivity contribution in [1.29, 1.82) is 0 Å². The molecular weight excluding hydrogens is 474 g/mol. The molecular formula is C32H43N3O3. The quantitative estimate of drug-likeness (QED) is 0.330. The second-order valence-electron chi connectivity index (χ2n) is 11.2. The van der Waals surface area contributed by atoms with Crippen molar-refractivity contribution in [2.75, 3.05) is 19.5 Å². The monoisotopic (exact) mass is 517 g/mol. The fourth-order valence-electron chi connectivity index (χ4n) is 6.67. The molecule has 2 fully saturated rings. The van der Waals surface area contributed by atoms with Crippen LogP contribution in [0.4, 0.5) is 5.69 Å². The molecule has 0 bridgehead atoms. The van der Waals surface area contributed by atoms with Gasteiger partial charge in [-0.05, 0) is 56.4 Å². The topological polar surface area (TPSA) is 78.5 Å². The Morgan fingerprint density at radius 2 is 1.76 bits per heavy atom. The van der Waals surface area contributed by atoms with E-state index in [9.17, 15) is 4.79 Å². The largest absolute Gasteiger partial charge is 0.496 e. The third-order valence-corrected chi connectivity index (χ3v) is 8.72. The van der Waals surface area contributed by atoms with Crippen molar-refractivity contribution >= 4 is 22.5 Å². The van der Waals surface area contributed by atoms with E-state index < -0.39 is 0 Å². The second-order valence-corrected chi connectivity index (χ2v) is 11.2. The van der Waals surface area contributed by atoms with Crippen molar-refractivity contribution in [2.24, 2.45) is 11.7 Å². The van der Waals surface area contributed by atoms with Gasteiger partial charge >= 0.3 is 0 Å². The van der Waals surface area contributed by atoms with Gasteiger partial charge in [-0.2, -0.15) is 0 Å². The van der Waals surface area contributed by atoms with E-state index in [1.807, 2.05) is 13.0 Å².